The second-order valence-corrected chi connectivity index (χ2v) is 4.72. The molecule has 0 saturated heterocycles. The molecule has 1 saturated carbocycles. The molecule has 3 N–H and O–H groups in total. The Morgan fingerprint density at radius 3 is 2.80 bits per heavy atom. The topological polar surface area (TPSA) is 38.0 Å². The lowest BCUT2D eigenvalue weighted by molar-refractivity contribution is 0.638. The molecule has 1 aliphatic carbocycles. The normalized spacial score (nSPS) is 25.5. The van der Waals surface area contributed by atoms with Crippen molar-refractivity contribution in [2.45, 2.75) is 38.3 Å². The summed E-state index contributed by atoms with van der Waals surface area (Å²) in [6.07, 6.45) is 3.50. The van der Waals surface area contributed by atoms with E-state index in [1.165, 1.54) is 6.42 Å². The molecule has 2 nitrogen and oxygen atoms in total. The molecule has 1 aromatic carbocycles. The van der Waals surface area contributed by atoms with E-state index >= 15 is 0 Å². The van der Waals surface area contributed by atoms with Crippen molar-refractivity contribution in [3.63, 3.8) is 0 Å². The van der Waals surface area contributed by atoms with Gasteiger partial charge in [-0.05, 0) is 43.9 Å². The van der Waals surface area contributed by atoms with E-state index in [-0.39, 0.29) is 6.04 Å². The number of nitrogens with one attached hydrogen (secondary N) is 1. The maximum atomic E-state index is 6.06. The molecule has 0 spiro atoms. The van der Waals surface area contributed by atoms with Crippen molar-refractivity contribution in [1.29, 1.82) is 0 Å². The van der Waals surface area contributed by atoms with Crippen molar-refractivity contribution in [3.05, 3.63) is 28.8 Å². The highest BCUT2D eigenvalue weighted by molar-refractivity contribution is 6.31. The van der Waals surface area contributed by atoms with Gasteiger partial charge in [0, 0.05) is 22.8 Å². The lowest BCUT2D eigenvalue weighted by Gasteiger charge is -2.18. The molecule has 0 amide bonds. The van der Waals surface area contributed by atoms with Crippen LogP contribution in [0.3, 0.4) is 0 Å². The monoisotopic (exact) mass is 224 g/mol. The summed E-state index contributed by atoms with van der Waals surface area (Å²) in [7, 11) is 0. The number of anilines is 1. The fourth-order valence-corrected chi connectivity index (χ4v) is 2.25. The summed E-state index contributed by atoms with van der Waals surface area (Å²) in [6, 6.07) is 6.76. The minimum Gasteiger partial charge on any atom is -0.381 e. The number of halogens is 1. The summed E-state index contributed by atoms with van der Waals surface area (Å²) in [5, 5.41) is 4.26. The van der Waals surface area contributed by atoms with Crippen LogP contribution < -0.4 is 11.1 Å². The summed E-state index contributed by atoms with van der Waals surface area (Å²) in [6.45, 7) is 2.01. The van der Waals surface area contributed by atoms with Gasteiger partial charge in [0.2, 0.25) is 0 Å². The summed E-state index contributed by atoms with van der Waals surface area (Å²) in [4.78, 5) is 0. The lowest BCUT2D eigenvalue weighted by atomic mass is 10.1. The van der Waals surface area contributed by atoms with E-state index in [2.05, 4.69) is 11.4 Å². The standard InChI is InChI=1S/C12H17ClN2/c1-8-5-6-9(7-10(8)13)15-12-4-2-3-11(12)14/h5-7,11-12,15H,2-4,14H2,1H3/t11-,12+/m0/s1. The Hall–Kier alpha value is -0.730. The average molecular weight is 225 g/mol. The first kappa shape index (κ1) is 10.8. The first-order chi connectivity index (χ1) is 7.16. The van der Waals surface area contributed by atoms with Gasteiger partial charge in [0.05, 0.1) is 0 Å². The first-order valence-corrected chi connectivity index (χ1v) is 5.83. The molecule has 1 fully saturated rings. The van der Waals surface area contributed by atoms with Gasteiger partial charge in [-0.1, -0.05) is 17.7 Å². The van der Waals surface area contributed by atoms with Gasteiger partial charge in [0.1, 0.15) is 0 Å². The molecule has 82 valence electrons. The second-order valence-electron chi connectivity index (χ2n) is 4.31. The van der Waals surface area contributed by atoms with Crippen LogP contribution in [-0.4, -0.2) is 12.1 Å². The second kappa shape index (κ2) is 4.42. The Morgan fingerprint density at radius 1 is 1.40 bits per heavy atom. The molecule has 2 atom stereocenters. The van der Waals surface area contributed by atoms with E-state index in [1.807, 2.05) is 19.1 Å². The molecule has 0 bridgehead atoms. The van der Waals surface area contributed by atoms with Gasteiger partial charge in [0.15, 0.2) is 0 Å². The third-order valence-electron chi connectivity index (χ3n) is 3.09. The van der Waals surface area contributed by atoms with Gasteiger partial charge in [-0.15, -0.1) is 0 Å². The van der Waals surface area contributed by atoms with E-state index in [4.69, 9.17) is 17.3 Å². The zero-order valence-corrected chi connectivity index (χ0v) is 9.72. The van der Waals surface area contributed by atoms with Crippen LogP contribution in [0.1, 0.15) is 24.8 Å². The van der Waals surface area contributed by atoms with Gasteiger partial charge in [-0.3, -0.25) is 0 Å². The molecule has 2 rings (SSSR count). The van der Waals surface area contributed by atoms with Crippen LogP contribution in [-0.2, 0) is 0 Å². The Labute approximate surface area is 95.8 Å². The van der Waals surface area contributed by atoms with E-state index in [0.717, 1.165) is 29.1 Å². The summed E-state index contributed by atoms with van der Waals surface area (Å²) >= 11 is 6.06. The zero-order chi connectivity index (χ0) is 10.8. The highest BCUT2D eigenvalue weighted by Crippen LogP contribution is 2.24. The minimum absolute atomic E-state index is 0.282. The summed E-state index contributed by atoms with van der Waals surface area (Å²) < 4.78 is 0. The number of hydrogen-bond donors (Lipinski definition) is 2. The first-order valence-electron chi connectivity index (χ1n) is 5.45. The van der Waals surface area contributed by atoms with Gasteiger partial charge >= 0.3 is 0 Å². The van der Waals surface area contributed by atoms with E-state index in [0.29, 0.717) is 6.04 Å². The molecule has 0 unspecified atom stereocenters. The summed E-state index contributed by atoms with van der Waals surface area (Å²) in [5.41, 5.74) is 8.19. The predicted octanol–water partition coefficient (Wildman–Crippen LogP) is 2.94. The van der Waals surface area contributed by atoms with Crippen LogP contribution in [0.2, 0.25) is 5.02 Å². The fraction of sp³-hybridized carbons (Fsp3) is 0.500. The third kappa shape index (κ3) is 2.44. The van der Waals surface area contributed by atoms with Crippen LogP contribution in [0, 0.1) is 6.92 Å². The predicted molar refractivity (Wildman–Crippen MR) is 65.4 cm³/mol. The highest BCUT2D eigenvalue weighted by Gasteiger charge is 2.23. The molecule has 0 aromatic heterocycles. The van der Waals surface area contributed by atoms with Crippen LogP contribution in [0.5, 0.6) is 0 Å². The molecule has 0 heterocycles. The molecule has 15 heavy (non-hydrogen) atoms. The van der Waals surface area contributed by atoms with Gasteiger partial charge in [-0.25, -0.2) is 0 Å². The van der Waals surface area contributed by atoms with E-state index in [1.54, 1.807) is 0 Å². The fourth-order valence-electron chi connectivity index (χ4n) is 2.06. The number of benzene rings is 1. The van der Waals surface area contributed by atoms with E-state index in [9.17, 15) is 0 Å². The largest absolute Gasteiger partial charge is 0.381 e. The van der Waals surface area contributed by atoms with Crippen LogP contribution in [0.4, 0.5) is 5.69 Å². The number of aryl methyl sites for hydroxylation is 1. The smallest absolute Gasteiger partial charge is 0.0455 e. The molecule has 1 aliphatic rings. The van der Waals surface area contributed by atoms with E-state index < -0.39 is 0 Å². The van der Waals surface area contributed by atoms with Crippen molar-refractivity contribution >= 4 is 17.3 Å². The average Bonchev–Trinajstić information content (AvgIpc) is 2.59. The quantitative estimate of drug-likeness (QED) is 0.811. The van der Waals surface area contributed by atoms with Gasteiger partial charge < -0.3 is 11.1 Å². The molecular formula is C12H17ClN2. The van der Waals surface area contributed by atoms with Crippen LogP contribution >= 0.6 is 11.6 Å². The van der Waals surface area contributed by atoms with Crippen molar-refractivity contribution < 1.29 is 0 Å². The molecule has 0 radical (unpaired) electrons. The molecule has 0 aliphatic heterocycles. The van der Waals surface area contributed by atoms with Gasteiger partial charge in [-0.2, -0.15) is 0 Å². The third-order valence-corrected chi connectivity index (χ3v) is 3.50. The van der Waals surface area contributed by atoms with Crippen LogP contribution in [0.25, 0.3) is 0 Å². The molecule has 3 heteroatoms. The lowest BCUT2D eigenvalue weighted by Crippen LogP contribution is -2.35. The number of hydrogen-bond acceptors (Lipinski definition) is 2. The van der Waals surface area contributed by atoms with Crippen molar-refractivity contribution in [1.82, 2.24) is 0 Å². The Morgan fingerprint density at radius 2 is 2.20 bits per heavy atom. The van der Waals surface area contributed by atoms with Gasteiger partial charge in [0.25, 0.3) is 0 Å². The molecule has 1 aromatic rings. The highest BCUT2D eigenvalue weighted by atomic mass is 35.5. The maximum Gasteiger partial charge on any atom is 0.0455 e. The zero-order valence-electron chi connectivity index (χ0n) is 8.96. The number of nitrogens with two attached hydrogens (primary N) is 1. The Balaban J connectivity index is 2.07. The van der Waals surface area contributed by atoms with Crippen molar-refractivity contribution in [2.75, 3.05) is 5.32 Å². The maximum absolute atomic E-state index is 6.06. The Kier molecular flexibility index (Phi) is 3.17. The van der Waals surface area contributed by atoms with Crippen molar-refractivity contribution in [3.8, 4) is 0 Å². The van der Waals surface area contributed by atoms with Crippen LogP contribution in [0.15, 0.2) is 18.2 Å². The van der Waals surface area contributed by atoms with Crippen molar-refractivity contribution in [2.24, 2.45) is 5.73 Å². The minimum atomic E-state index is 0.282. The molecular weight excluding hydrogens is 208 g/mol. The Bertz CT molecular complexity index is 351. The summed E-state index contributed by atoms with van der Waals surface area (Å²) in [5.74, 6) is 0. The SMILES string of the molecule is Cc1ccc(N[C@@H]2CCC[C@@H]2N)cc1Cl. The number of rotatable bonds is 2.